The maximum absolute atomic E-state index is 5.30. The molecule has 11 heavy (non-hydrogen) atoms. The number of rotatable bonds is 1. The minimum atomic E-state index is 0.726. The summed E-state index contributed by atoms with van der Waals surface area (Å²) in [6.45, 7) is 8.37. The predicted octanol–water partition coefficient (Wildman–Crippen LogP) is 1.41. The average Bonchev–Trinajstić information content (AvgIpc) is 1.93. The van der Waals surface area contributed by atoms with Crippen LogP contribution in [-0.4, -0.2) is 31.7 Å². The second-order valence-electron chi connectivity index (χ2n) is 2.96. The first kappa shape index (κ1) is 8.34. The lowest BCUT2D eigenvalue weighted by atomic mass is 10.2. The summed E-state index contributed by atoms with van der Waals surface area (Å²) in [7, 11) is 2.08. The van der Waals surface area contributed by atoms with Crippen LogP contribution in [0.3, 0.4) is 0 Å². The van der Waals surface area contributed by atoms with Gasteiger partial charge in [-0.15, -0.1) is 0 Å². The SMILES string of the molecule is C=C(C)/C=C1/COCCN1C. The van der Waals surface area contributed by atoms with Crippen molar-refractivity contribution in [2.75, 3.05) is 26.8 Å². The summed E-state index contributed by atoms with van der Waals surface area (Å²) >= 11 is 0. The molecule has 0 aliphatic carbocycles. The van der Waals surface area contributed by atoms with E-state index in [0.29, 0.717) is 0 Å². The van der Waals surface area contributed by atoms with Gasteiger partial charge in [-0.25, -0.2) is 0 Å². The largest absolute Gasteiger partial charge is 0.374 e. The van der Waals surface area contributed by atoms with Gasteiger partial charge in [-0.3, -0.25) is 0 Å². The molecule has 0 bridgehead atoms. The van der Waals surface area contributed by atoms with Gasteiger partial charge < -0.3 is 9.64 Å². The van der Waals surface area contributed by atoms with E-state index in [1.54, 1.807) is 0 Å². The van der Waals surface area contributed by atoms with Crippen LogP contribution in [0.15, 0.2) is 23.9 Å². The minimum Gasteiger partial charge on any atom is -0.374 e. The van der Waals surface area contributed by atoms with Crippen molar-refractivity contribution in [2.24, 2.45) is 0 Å². The van der Waals surface area contributed by atoms with Crippen LogP contribution in [0.25, 0.3) is 0 Å². The number of allylic oxidation sites excluding steroid dienone is 2. The number of morpholine rings is 1. The van der Waals surface area contributed by atoms with E-state index >= 15 is 0 Å². The zero-order valence-electron chi connectivity index (χ0n) is 7.26. The van der Waals surface area contributed by atoms with E-state index in [1.807, 2.05) is 6.92 Å². The van der Waals surface area contributed by atoms with E-state index < -0.39 is 0 Å². The Kier molecular flexibility index (Phi) is 2.71. The van der Waals surface area contributed by atoms with Crippen LogP contribution in [-0.2, 0) is 4.74 Å². The molecule has 2 heteroatoms. The summed E-state index contributed by atoms with van der Waals surface area (Å²) in [6, 6.07) is 0. The van der Waals surface area contributed by atoms with Crippen molar-refractivity contribution in [3.8, 4) is 0 Å². The van der Waals surface area contributed by atoms with E-state index in [1.165, 1.54) is 5.70 Å². The van der Waals surface area contributed by atoms with Gasteiger partial charge in [0.05, 0.1) is 13.2 Å². The van der Waals surface area contributed by atoms with Gasteiger partial charge in [-0.05, 0) is 13.0 Å². The summed E-state index contributed by atoms with van der Waals surface area (Å²) in [4.78, 5) is 2.21. The molecule has 2 nitrogen and oxygen atoms in total. The van der Waals surface area contributed by atoms with Crippen LogP contribution in [0.5, 0.6) is 0 Å². The van der Waals surface area contributed by atoms with Gasteiger partial charge in [-0.2, -0.15) is 0 Å². The molecule has 0 aromatic carbocycles. The van der Waals surface area contributed by atoms with Crippen molar-refractivity contribution in [3.63, 3.8) is 0 Å². The molecule has 1 heterocycles. The molecular formula is C9H15NO. The molecule has 1 aliphatic rings. The third kappa shape index (κ3) is 2.39. The number of hydrogen-bond acceptors (Lipinski definition) is 2. The molecule has 0 atom stereocenters. The standard InChI is InChI=1S/C9H15NO/c1-8(2)6-9-7-11-5-4-10(9)3/h6H,1,4-5,7H2,2-3H3/b9-6-. The maximum atomic E-state index is 5.30. The first-order valence-electron chi connectivity index (χ1n) is 3.85. The van der Waals surface area contributed by atoms with Crippen LogP contribution in [0, 0.1) is 0 Å². The molecule has 1 aliphatic heterocycles. The summed E-state index contributed by atoms with van der Waals surface area (Å²) < 4.78 is 5.30. The lowest BCUT2D eigenvalue weighted by Crippen LogP contribution is -2.30. The summed E-state index contributed by atoms with van der Waals surface area (Å²) in [5, 5.41) is 0. The van der Waals surface area contributed by atoms with Crippen molar-refractivity contribution in [1.82, 2.24) is 4.90 Å². The normalized spacial score (nSPS) is 22.4. The third-order valence-electron chi connectivity index (χ3n) is 1.72. The quantitative estimate of drug-likeness (QED) is 0.564. The molecule has 1 fully saturated rings. The Balaban J connectivity index is 2.60. The molecule has 0 amide bonds. The molecule has 0 spiro atoms. The highest BCUT2D eigenvalue weighted by molar-refractivity contribution is 5.18. The highest BCUT2D eigenvalue weighted by atomic mass is 16.5. The predicted molar refractivity (Wildman–Crippen MR) is 46.3 cm³/mol. The van der Waals surface area contributed by atoms with Gasteiger partial charge in [-0.1, -0.05) is 12.2 Å². The summed E-state index contributed by atoms with van der Waals surface area (Å²) in [5.41, 5.74) is 2.31. The lowest BCUT2D eigenvalue weighted by molar-refractivity contribution is 0.0842. The Morgan fingerprint density at radius 3 is 3.00 bits per heavy atom. The van der Waals surface area contributed by atoms with E-state index in [-0.39, 0.29) is 0 Å². The molecular weight excluding hydrogens is 138 g/mol. The summed E-state index contributed by atoms with van der Waals surface area (Å²) in [5.74, 6) is 0. The van der Waals surface area contributed by atoms with E-state index in [9.17, 15) is 0 Å². The molecule has 1 saturated heterocycles. The fourth-order valence-electron chi connectivity index (χ4n) is 1.07. The average molecular weight is 153 g/mol. The lowest BCUT2D eigenvalue weighted by Gasteiger charge is -2.27. The van der Waals surface area contributed by atoms with Gasteiger partial charge in [0.15, 0.2) is 0 Å². The van der Waals surface area contributed by atoms with E-state index in [4.69, 9.17) is 4.74 Å². The second-order valence-corrected chi connectivity index (χ2v) is 2.96. The fourth-order valence-corrected chi connectivity index (χ4v) is 1.07. The van der Waals surface area contributed by atoms with Crippen LogP contribution in [0.1, 0.15) is 6.92 Å². The second kappa shape index (κ2) is 3.58. The Labute approximate surface area is 68.1 Å². The minimum absolute atomic E-state index is 0.726. The highest BCUT2D eigenvalue weighted by Crippen LogP contribution is 2.09. The molecule has 0 N–H and O–H groups in total. The van der Waals surface area contributed by atoms with E-state index in [0.717, 1.165) is 25.3 Å². The zero-order chi connectivity index (χ0) is 8.27. The van der Waals surface area contributed by atoms with Crippen molar-refractivity contribution < 1.29 is 4.74 Å². The van der Waals surface area contributed by atoms with Gasteiger partial charge in [0, 0.05) is 19.3 Å². The van der Waals surface area contributed by atoms with E-state index in [2.05, 4.69) is 24.6 Å². The van der Waals surface area contributed by atoms with Crippen LogP contribution in [0.4, 0.5) is 0 Å². The van der Waals surface area contributed by atoms with Gasteiger partial charge >= 0.3 is 0 Å². The van der Waals surface area contributed by atoms with Crippen molar-refractivity contribution in [1.29, 1.82) is 0 Å². The maximum Gasteiger partial charge on any atom is 0.0865 e. The van der Waals surface area contributed by atoms with Gasteiger partial charge in [0.2, 0.25) is 0 Å². The molecule has 0 unspecified atom stereocenters. The molecule has 0 radical (unpaired) electrons. The van der Waals surface area contributed by atoms with Crippen molar-refractivity contribution >= 4 is 0 Å². The smallest absolute Gasteiger partial charge is 0.0865 e. The van der Waals surface area contributed by atoms with Gasteiger partial charge in [0.25, 0.3) is 0 Å². The van der Waals surface area contributed by atoms with Crippen LogP contribution < -0.4 is 0 Å². The topological polar surface area (TPSA) is 12.5 Å². The molecule has 1 rings (SSSR count). The van der Waals surface area contributed by atoms with Gasteiger partial charge in [0.1, 0.15) is 0 Å². The first-order chi connectivity index (χ1) is 5.20. The number of likely N-dealkylation sites (N-methyl/N-ethyl adjacent to an activating group) is 1. The molecule has 62 valence electrons. The van der Waals surface area contributed by atoms with Crippen molar-refractivity contribution in [2.45, 2.75) is 6.92 Å². The Bertz CT molecular complexity index is 184. The highest BCUT2D eigenvalue weighted by Gasteiger charge is 2.09. The first-order valence-corrected chi connectivity index (χ1v) is 3.85. The summed E-state index contributed by atoms with van der Waals surface area (Å²) in [6.07, 6.45) is 2.07. The number of ether oxygens (including phenoxy) is 1. The molecule has 0 saturated carbocycles. The van der Waals surface area contributed by atoms with Crippen molar-refractivity contribution in [3.05, 3.63) is 23.9 Å². The number of nitrogens with zero attached hydrogens (tertiary/aromatic N) is 1. The third-order valence-corrected chi connectivity index (χ3v) is 1.72. The zero-order valence-corrected chi connectivity index (χ0v) is 7.26. The Morgan fingerprint density at radius 1 is 1.73 bits per heavy atom. The monoisotopic (exact) mass is 153 g/mol. The number of hydrogen-bond donors (Lipinski definition) is 0. The molecule has 0 aromatic heterocycles. The fraction of sp³-hybridized carbons (Fsp3) is 0.556. The van der Waals surface area contributed by atoms with Crippen LogP contribution >= 0.6 is 0 Å². The Hall–Kier alpha value is -0.760. The molecule has 0 aromatic rings. The van der Waals surface area contributed by atoms with Crippen LogP contribution in [0.2, 0.25) is 0 Å². The Morgan fingerprint density at radius 2 is 2.45 bits per heavy atom.